The molecule has 0 aromatic heterocycles. The van der Waals surface area contributed by atoms with Gasteiger partial charge < -0.3 is 33.8 Å². The van der Waals surface area contributed by atoms with E-state index in [1.807, 2.05) is 0 Å². The Morgan fingerprint density at radius 2 is 0.510 bits per heavy atom. The summed E-state index contributed by atoms with van der Waals surface area (Å²) in [6.07, 6.45) is 79.5. The van der Waals surface area contributed by atoms with E-state index in [1.165, 1.54) is 109 Å². The van der Waals surface area contributed by atoms with Gasteiger partial charge in [0, 0.05) is 25.7 Å². The lowest BCUT2D eigenvalue weighted by atomic mass is 10.0. The summed E-state index contributed by atoms with van der Waals surface area (Å²) < 4.78 is 68.6. The van der Waals surface area contributed by atoms with E-state index in [-0.39, 0.29) is 25.7 Å². The number of allylic oxidation sites excluding steroid dienone is 16. The first-order valence-corrected chi connectivity index (χ1v) is 43.5. The number of aliphatic hydroxyl groups excluding tert-OH is 1. The molecule has 3 N–H and O–H groups in total. The van der Waals surface area contributed by atoms with Gasteiger partial charge in [0.1, 0.15) is 19.3 Å². The minimum atomic E-state index is -4.99. The van der Waals surface area contributed by atoms with Gasteiger partial charge in [-0.25, -0.2) is 9.13 Å². The summed E-state index contributed by atoms with van der Waals surface area (Å²) in [7, 11) is -9.96. The maximum atomic E-state index is 13.1. The van der Waals surface area contributed by atoms with Crippen molar-refractivity contribution in [3.63, 3.8) is 0 Å². The van der Waals surface area contributed by atoms with Crippen LogP contribution < -0.4 is 0 Å². The quantitative estimate of drug-likeness (QED) is 0.0169. The molecule has 0 spiro atoms. The number of esters is 4. The predicted molar refractivity (Wildman–Crippen MR) is 418 cm³/mol. The zero-order chi connectivity index (χ0) is 74.6. The van der Waals surface area contributed by atoms with Crippen LogP contribution in [0.5, 0.6) is 0 Å². The molecule has 0 amide bonds. The first-order valence-electron chi connectivity index (χ1n) is 40.5. The van der Waals surface area contributed by atoms with E-state index in [0.29, 0.717) is 25.7 Å². The van der Waals surface area contributed by atoms with Crippen molar-refractivity contribution in [2.75, 3.05) is 39.6 Å². The van der Waals surface area contributed by atoms with Crippen molar-refractivity contribution in [2.45, 2.75) is 367 Å². The molecule has 0 fully saturated rings. The number of aliphatic hydroxyl groups is 1. The third-order valence-corrected chi connectivity index (χ3v) is 18.9. The van der Waals surface area contributed by atoms with Crippen LogP contribution in [0, 0.1) is 0 Å². The Balaban J connectivity index is 5.38. The number of hydrogen-bond donors (Lipinski definition) is 3. The molecule has 5 unspecified atom stereocenters. The van der Waals surface area contributed by atoms with Crippen LogP contribution in [-0.2, 0) is 65.4 Å². The van der Waals surface area contributed by atoms with E-state index < -0.39 is 97.5 Å². The van der Waals surface area contributed by atoms with E-state index in [2.05, 4.69) is 125 Å². The fourth-order valence-corrected chi connectivity index (χ4v) is 12.4. The monoisotopic (exact) mass is 1480 g/mol. The third kappa shape index (κ3) is 74.3. The topological polar surface area (TPSA) is 237 Å². The van der Waals surface area contributed by atoms with E-state index >= 15 is 0 Å². The van der Waals surface area contributed by atoms with Gasteiger partial charge >= 0.3 is 39.5 Å². The summed E-state index contributed by atoms with van der Waals surface area (Å²) in [5.74, 6) is -2.21. The van der Waals surface area contributed by atoms with Gasteiger partial charge in [-0.3, -0.25) is 37.3 Å². The van der Waals surface area contributed by atoms with E-state index in [1.54, 1.807) is 0 Å². The second-order valence-electron chi connectivity index (χ2n) is 27.0. The van der Waals surface area contributed by atoms with Crippen LogP contribution in [0.25, 0.3) is 0 Å². The van der Waals surface area contributed by atoms with Crippen LogP contribution in [0.1, 0.15) is 349 Å². The Morgan fingerprint density at radius 3 is 0.824 bits per heavy atom. The first-order chi connectivity index (χ1) is 49.7. The van der Waals surface area contributed by atoms with Crippen LogP contribution in [0.15, 0.2) is 97.2 Å². The van der Waals surface area contributed by atoms with Gasteiger partial charge in [-0.15, -0.1) is 0 Å². The number of ether oxygens (including phenoxy) is 4. The summed E-state index contributed by atoms with van der Waals surface area (Å²) in [6.45, 7) is 4.71. The van der Waals surface area contributed by atoms with Crippen molar-refractivity contribution < 1.29 is 80.2 Å². The van der Waals surface area contributed by atoms with Crippen LogP contribution in [-0.4, -0.2) is 96.7 Å². The molecule has 19 heteroatoms. The second-order valence-corrected chi connectivity index (χ2v) is 29.9. The van der Waals surface area contributed by atoms with Crippen molar-refractivity contribution in [3.05, 3.63) is 97.2 Å². The van der Waals surface area contributed by atoms with Crippen molar-refractivity contribution in [2.24, 2.45) is 0 Å². The average Bonchev–Trinajstić information content (AvgIpc) is 0.924. The second kappa shape index (κ2) is 75.2. The highest BCUT2D eigenvalue weighted by Crippen LogP contribution is 2.45. The summed E-state index contributed by atoms with van der Waals surface area (Å²) >= 11 is 0. The SMILES string of the molecule is CC/C=C\C/C=C\C/C=C\C/C=C\C/C=C\CCCCCC(=O)OCC(COP(=O)(O)OCC(O)COP(=O)(O)OCC(COC(=O)CCCCCCC/C=C\C/C=C\CCCCC)OC(=O)CCCCCCCCCCCCCCC)OC(=O)CCCCCCC/C=C\CCCCCCCC. The summed E-state index contributed by atoms with van der Waals surface area (Å²) in [5.41, 5.74) is 0. The Hall–Kier alpha value is -4.02. The maximum absolute atomic E-state index is 13.1. The molecule has 590 valence electrons. The molecular weight excluding hydrogens is 1330 g/mol. The average molecular weight is 1480 g/mol. The first kappa shape index (κ1) is 98.0. The normalized spacial score (nSPS) is 14.4. The molecule has 0 bridgehead atoms. The number of unbranched alkanes of at least 4 members (excludes halogenated alkanes) is 34. The van der Waals surface area contributed by atoms with Gasteiger partial charge in [-0.2, -0.15) is 0 Å². The molecule has 17 nitrogen and oxygen atoms in total. The highest BCUT2D eigenvalue weighted by molar-refractivity contribution is 7.47. The lowest BCUT2D eigenvalue weighted by Gasteiger charge is -2.21. The lowest BCUT2D eigenvalue weighted by Crippen LogP contribution is -2.30. The van der Waals surface area contributed by atoms with E-state index in [9.17, 15) is 43.2 Å². The maximum Gasteiger partial charge on any atom is 0.472 e. The number of phosphoric acid groups is 2. The fraction of sp³-hybridized carbons (Fsp3) is 0.759. The van der Waals surface area contributed by atoms with Gasteiger partial charge in [-0.1, -0.05) is 292 Å². The standard InChI is InChI=1S/C83H146O17P2/c1-5-9-13-17-21-25-29-33-36-37-38-39-42-45-48-52-56-60-64-68-81(86)94-74-79(100-83(88)70-66-62-58-54-50-46-41-35-31-27-23-19-15-11-7-3)76-98-102(91,92)96-72-77(84)71-95-101(89,90)97-75-78(99-82(87)69-65-61-57-53-49-43-32-28-24-20-16-12-8-4)73-93-80(85)67-63-59-55-51-47-44-40-34-30-26-22-18-14-10-6-2/h9,13,21-22,25-26,33-36,38-41,45,48,77-79,84H,5-8,10-12,14-20,23-24,27-32,37,42-44,46-47,49-76H2,1-4H3,(H,89,90)(H,91,92)/b13-9-,25-21-,26-22-,36-33-,39-38-,40-34-,41-35-,48-45-. The minimum Gasteiger partial charge on any atom is -0.462 e. The zero-order valence-corrected chi connectivity index (χ0v) is 66.3. The molecule has 0 radical (unpaired) electrons. The zero-order valence-electron chi connectivity index (χ0n) is 64.5. The Kier molecular flexibility index (Phi) is 72.3. The van der Waals surface area contributed by atoms with Crippen molar-refractivity contribution in [1.82, 2.24) is 0 Å². The predicted octanol–water partition coefficient (Wildman–Crippen LogP) is 23.6. The molecule has 0 heterocycles. The van der Waals surface area contributed by atoms with Gasteiger partial charge in [0.05, 0.1) is 26.4 Å². The van der Waals surface area contributed by atoms with Gasteiger partial charge in [0.25, 0.3) is 0 Å². The number of carbonyl (C=O) groups is 4. The van der Waals surface area contributed by atoms with Crippen molar-refractivity contribution in [1.29, 1.82) is 0 Å². The summed E-state index contributed by atoms with van der Waals surface area (Å²) in [5, 5.41) is 10.6. The van der Waals surface area contributed by atoms with Gasteiger partial charge in [0.2, 0.25) is 0 Å². The van der Waals surface area contributed by atoms with Crippen molar-refractivity contribution in [3.8, 4) is 0 Å². The molecule has 0 saturated carbocycles. The molecular formula is C83H146O17P2. The van der Waals surface area contributed by atoms with Crippen molar-refractivity contribution >= 4 is 39.5 Å². The molecule has 0 saturated heterocycles. The number of phosphoric ester groups is 2. The Morgan fingerprint density at radius 1 is 0.284 bits per heavy atom. The third-order valence-electron chi connectivity index (χ3n) is 17.0. The van der Waals surface area contributed by atoms with Crippen LogP contribution in [0.2, 0.25) is 0 Å². The molecule has 0 aromatic rings. The number of hydrogen-bond acceptors (Lipinski definition) is 15. The molecule has 0 aromatic carbocycles. The minimum absolute atomic E-state index is 0.0778. The van der Waals surface area contributed by atoms with E-state index in [0.717, 1.165) is 161 Å². The van der Waals surface area contributed by atoms with E-state index in [4.69, 9.17) is 37.0 Å². The lowest BCUT2D eigenvalue weighted by molar-refractivity contribution is -0.161. The summed E-state index contributed by atoms with van der Waals surface area (Å²) in [4.78, 5) is 73.0. The van der Waals surface area contributed by atoms with Crippen LogP contribution >= 0.6 is 15.6 Å². The van der Waals surface area contributed by atoms with Crippen LogP contribution in [0.3, 0.4) is 0 Å². The highest BCUT2D eigenvalue weighted by atomic mass is 31.2. The number of rotatable bonds is 76. The molecule has 0 rings (SSSR count). The molecule has 102 heavy (non-hydrogen) atoms. The van der Waals surface area contributed by atoms with Gasteiger partial charge in [-0.05, 0) is 128 Å². The molecule has 5 atom stereocenters. The number of carbonyl (C=O) groups excluding carboxylic acids is 4. The molecule has 0 aliphatic heterocycles. The molecule has 0 aliphatic rings. The summed E-state index contributed by atoms with van der Waals surface area (Å²) in [6, 6.07) is 0. The smallest absolute Gasteiger partial charge is 0.462 e. The Labute approximate surface area is 620 Å². The Bertz CT molecular complexity index is 2310. The largest absolute Gasteiger partial charge is 0.472 e. The fourth-order valence-electron chi connectivity index (χ4n) is 10.9. The highest BCUT2D eigenvalue weighted by Gasteiger charge is 2.30. The molecule has 0 aliphatic carbocycles. The van der Waals surface area contributed by atoms with Gasteiger partial charge in [0.15, 0.2) is 12.2 Å². The van der Waals surface area contributed by atoms with Crippen LogP contribution in [0.4, 0.5) is 0 Å².